The molecular formula is C32H35N5O4. The maximum Gasteiger partial charge on any atom is 0.334 e. The number of aromatic hydroxyl groups is 1. The molecule has 5 rings (SSSR count). The Kier molecular flexibility index (Phi) is 8.35. The summed E-state index contributed by atoms with van der Waals surface area (Å²) in [5.74, 6) is -0.287. The number of piperazine rings is 1. The highest BCUT2D eigenvalue weighted by molar-refractivity contribution is 5.92. The zero-order chi connectivity index (χ0) is 28.9. The molecule has 0 spiro atoms. The van der Waals surface area contributed by atoms with Crippen molar-refractivity contribution in [2.24, 2.45) is 0 Å². The van der Waals surface area contributed by atoms with E-state index in [4.69, 9.17) is 0 Å². The Morgan fingerprint density at radius 1 is 1.00 bits per heavy atom. The number of rotatable bonds is 8. The first-order valence-electron chi connectivity index (χ1n) is 13.8. The molecular weight excluding hydrogens is 518 g/mol. The highest BCUT2D eigenvalue weighted by Gasteiger charge is 2.52. The fourth-order valence-corrected chi connectivity index (χ4v) is 5.63. The smallest absolute Gasteiger partial charge is 0.334 e. The van der Waals surface area contributed by atoms with Gasteiger partial charge < -0.3 is 20.2 Å². The van der Waals surface area contributed by atoms with Crippen LogP contribution in [0.1, 0.15) is 29.7 Å². The highest BCUT2D eigenvalue weighted by atomic mass is 16.3. The molecule has 0 aliphatic carbocycles. The molecule has 2 aliphatic rings. The van der Waals surface area contributed by atoms with Gasteiger partial charge in [0.05, 0.1) is 19.1 Å². The minimum Gasteiger partial charge on any atom is -0.508 e. The van der Waals surface area contributed by atoms with Crippen LogP contribution in [0.2, 0.25) is 0 Å². The highest BCUT2D eigenvalue weighted by Crippen LogP contribution is 2.33. The average Bonchev–Trinajstić information content (AvgIpc) is 2.99. The fraction of sp³-hybridized carbons (Fsp3) is 0.281. The Morgan fingerprint density at radius 3 is 2.32 bits per heavy atom. The van der Waals surface area contributed by atoms with Gasteiger partial charge in [-0.25, -0.2) is 14.8 Å². The topological polar surface area (TPSA) is 96.4 Å². The molecule has 9 heteroatoms. The Labute approximate surface area is 240 Å². The molecule has 212 valence electrons. The molecule has 2 heterocycles. The van der Waals surface area contributed by atoms with Gasteiger partial charge in [0.15, 0.2) is 0 Å². The van der Waals surface area contributed by atoms with Gasteiger partial charge in [-0.3, -0.25) is 9.59 Å². The zero-order valence-corrected chi connectivity index (χ0v) is 23.1. The summed E-state index contributed by atoms with van der Waals surface area (Å²) in [5.41, 5.74) is 2.71. The molecule has 9 nitrogen and oxygen atoms in total. The monoisotopic (exact) mass is 553 g/mol. The first kappa shape index (κ1) is 27.9. The van der Waals surface area contributed by atoms with Gasteiger partial charge in [-0.2, -0.15) is 0 Å². The summed E-state index contributed by atoms with van der Waals surface area (Å²) >= 11 is 0. The quantitative estimate of drug-likeness (QED) is 0.415. The van der Waals surface area contributed by atoms with E-state index in [1.54, 1.807) is 50.2 Å². The number of phenolic OH excluding ortho intramolecular Hbond substituents is 1. The van der Waals surface area contributed by atoms with Crippen molar-refractivity contribution in [1.82, 2.24) is 25.1 Å². The lowest BCUT2D eigenvalue weighted by molar-refractivity contribution is -0.191. The average molecular weight is 554 g/mol. The van der Waals surface area contributed by atoms with E-state index in [1.807, 2.05) is 67.6 Å². The third kappa shape index (κ3) is 5.95. The van der Waals surface area contributed by atoms with Gasteiger partial charge in [0.1, 0.15) is 18.0 Å². The molecule has 0 unspecified atom stereocenters. The van der Waals surface area contributed by atoms with Crippen molar-refractivity contribution in [2.75, 3.05) is 19.6 Å². The Balaban J connectivity index is 1.51. The largest absolute Gasteiger partial charge is 0.508 e. The lowest BCUT2D eigenvalue weighted by Crippen LogP contribution is -2.76. The number of phenols is 1. The molecule has 2 fully saturated rings. The van der Waals surface area contributed by atoms with Crippen molar-refractivity contribution in [2.45, 2.75) is 38.1 Å². The van der Waals surface area contributed by atoms with E-state index in [0.717, 1.165) is 16.7 Å². The predicted octanol–water partition coefficient (Wildman–Crippen LogP) is 3.69. The molecule has 0 radical (unpaired) electrons. The predicted molar refractivity (Wildman–Crippen MR) is 155 cm³/mol. The maximum atomic E-state index is 14.1. The molecule has 0 saturated carbocycles. The lowest BCUT2D eigenvalue weighted by Gasteiger charge is -2.56. The van der Waals surface area contributed by atoms with E-state index in [1.165, 1.54) is 0 Å². The summed E-state index contributed by atoms with van der Waals surface area (Å²) in [6.45, 7) is 6.50. The van der Waals surface area contributed by atoms with Crippen LogP contribution in [0.4, 0.5) is 4.79 Å². The standard InChI is InChI=1S/C32H35N5O4/c1-3-18-34-22-30(39)36-28(19-24-14-16-27(38)17-15-24)31(40)35(23(2)26-12-8-5-9-13-26)21-29(36)37(34)32(41)33-20-25-10-6-4-7-11-25/h3-17,23,28-29,38H,1,18-22H2,2H3,(H,33,41)/t23-,28-,29-/m0/s1. The normalized spacial score (nSPS) is 20.0. The number of benzene rings is 3. The van der Waals surface area contributed by atoms with Crippen molar-refractivity contribution < 1.29 is 19.5 Å². The lowest BCUT2D eigenvalue weighted by atomic mass is 9.96. The van der Waals surface area contributed by atoms with Gasteiger partial charge in [0.2, 0.25) is 11.8 Å². The van der Waals surface area contributed by atoms with Gasteiger partial charge >= 0.3 is 6.03 Å². The molecule has 2 saturated heterocycles. The third-order valence-corrected chi connectivity index (χ3v) is 7.73. The van der Waals surface area contributed by atoms with E-state index in [0.29, 0.717) is 13.1 Å². The van der Waals surface area contributed by atoms with Crippen LogP contribution >= 0.6 is 0 Å². The number of hydrogen-bond acceptors (Lipinski definition) is 5. The molecule has 0 aromatic heterocycles. The second kappa shape index (κ2) is 12.3. The molecule has 3 atom stereocenters. The number of nitrogens with one attached hydrogen (secondary N) is 1. The van der Waals surface area contributed by atoms with Crippen LogP contribution in [0, 0.1) is 0 Å². The van der Waals surface area contributed by atoms with Gasteiger partial charge in [0.25, 0.3) is 0 Å². The van der Waals surface area contributed by atoms with Crippen molar-refractivity contribution in [3.05, 3.63) is 114 Å². The van der Waals surface area contributed by atoms with E-state index in [9.17, 15) is 19.5 Å². The van der Waals surface area contributed by atoms with E-state index in [-0.39, 0.29) is 49.1 Å². The van der Waals surface area contributed by atoms with Crippen LogP contribution in [0.3, 0.4) is 0 Å². The first-order chi connectivity index (χ1) is 19.9. The van der Waals surface area contributed by atoms with Crippen LogP contribution in [0.15, 0.2) is 97.6 Å². The summed E-state index contributed by atoms with van der Waals surface area (Å²) in [5, 5.41) is 16.1. The second-order valence-electron chi connectivity index (χ2n) is 10.4. The number of carbonyl (C=O) groups excluding carboxylic acids is 3. The van der Waals surface area contributed by atoms with Crippen LogP contribution < -0.4 is 5.32 Å². The van der Waals surface area contributed by atoms with Gasteiger partial charge in [-0.15, -0.1) is 6.58 Å². The Morgan fingerprint density at radius 2 is 1.66 bits per heavy atom. The number of hydrogen-bond donors (Lipinski definition) is 2. The minimum atomic E-state index is -0.827. The van der Waals surface area contributed by atoms with Crippen molar-refractivity contribution in [1.29, 1.82) is 0 Å². The second-order valence-corrected chi connectivity index (χ2v) is 10.4. The van der Waals surface area contributed by atoms with Crippen molar-refractivity contribution in [3.8, 4) is 5.75 Å². The number of carbonyl (C=O) groups is 3. The van der Waals surface area contributed by atoms with Crippen LogP contribution in [0.5, 0.6) is 5.75 Å². The Hall–Kier alpha value is -4.63. The number of hydrazine groups is 1. The molecule has 3 aromatic rings. The molecule has 2 aliphatic heterocycles. The number of amides is 4. The van der Waals surface area contributed by atoms with Crippen LogP contribution in [0.25, 0.3) is 0 Å². The number of urea groups is 1. The van der Waals surface area contributed by atoms with E-state index in [2.05, 4.69) is 11.9 Å². The summed E-state index contributed by atoms with van der Waals surface area (Å²) in [6.07, 6.45) is 1.19. The zero-order valence-electron chi connectivity index (χ0n) is 23.1. The number of nitrogens with zero attached hydrogens (tertiary/aromatic N) is 4. The molecule has 4 amide bonds. The van der Waals surface area contributed by atoms with Crippen LogP contribution in [-0.2, 0) is 22.6 Å². The van der Waals surface area contributed by atoms with Gasteiger partial charge in [0, 0.05) is 19.5 Å². The minimum absolute atomic E-state index is 0.0606. The fourth-order valence-electron chi connectivity index (χ4n) is 5.63. The molecule has 2 N–H and O–H groups in total. The van der Waals surface area contributed by atoms with Crippen LogP contribution in [-0.4, -0.2) is 74.6 Å². The molecule has 41 heavy (non-hydrogen) atoms. The first-order valence-corrected chi connectivity index (χ1v) is 13.8. The summed E-state index contributed by atoms with van der Waals surface area (Å²) in [6, 6.07) is 24.5. The Bertz CT molecular complexity index is 1380. The van der Waals surface area contributed by atoms with Gasteiger partial charge in [-0.05, 0) is 35.7 Å². The summed E-state index contributed by atoms with van der Waals surface area (Å²) < 4.78 is 0. The third-order valence-electron chi connectivity index (χ3n) is 7.73. The van der Waals surface area contributed by atoms with Crippen molar-refractivity contribution in [3.63, 3.8) is 0 Å². The molecule has 3 aromatic carbocycles. The summed E-state index contributed by atoms with van der Waals surface area (Å²) in [7, 11) is 0. The van der Waals surface area contributed by atoms with Crippen molar-refractivity contribution >= 4 is 17.8 Å². The SMILES string of the molecule is C=CCN1CC(=O)N2[C@@H](Cc3ccc(O)cc3)C(=O)N([C@@H](C)c3ccccc3)C[C@@H]2N1C(=O)NCc1ccccc1. The summed E-state index contributed by atoms with van der Waals surface area (Å²) in [4.78, 5) is 45.0. The maximum absolute atomic E-state index is 14.1. The van der Waals surface area contributed by atoms with E-state index >= 15 is 0 Å². The van der Waals surface area contributed by atoms with E-state index < -0.39 is 12.2 Å². The van der Waals surface area contributed by atoms with Gasteiger partial charge in [-0.1, -0.05) is 78.9 Å². The number of fused-ring (bicyclic) bond motifs is 1. The molecule has 0 bridgehead atoms.